The second-order valence-corrected chi connectivity index (χ2v) is 4.87. The van der Waals surface area contributed by atoms with E-state index in [1.165, 1.54) is 0 Å². The third-order valence-electron chi connectivity index (χ3n) is 3.01. The summed E-state index contributed by atoms with van der Waals surface area (Å²) in [5.74, 6) is 0.672. The number of aromatic amines is 1. The minimum absolute atomic E-state index is 0.0261. The number of hydrogen-bond donors (Lipinski definition) is 2. The van der Waals surface area contributed by atoms with Crippen LogP contribution in [0.15, 0.2) is 36.7 Å². The summed E-state index contributed by atoms with van der Waals surface area (Å²) in [6.45, 7) is 0.547. The summed E-state index contributed by atoms with van der Waals surface area (Å²) in [6, 6.07) is 7.50. The highest BCUT2D eigenvalue weighted by molar-refractivity contribution is 6.32. The molecule has 0 saturated heterocycles. The van der Waals surface area contributed by atoms with Crippen molar-refractivity contribution in [3.8, 4) is 5.75 Å². The minimum atomic E-state index is 0.0261. The average Bonchev–Trinajstić information content (AvgIpc) is 2.96. The molecule has 1 aromatic heterocycles. The number of methoxy groups -OCH3 is 1. The molecule has 0 unspecified atom stereocenters. The van der Waals surface area contributed by atoms with Gasteiger partial charge in [0, 0.05) is 25.4 Å². The molecule has 1 aromatic carbocycles. The van der Waals surface area contributed by atoms with Crippen molar-refractivity contribution < 1.29 is 9.53 Å². The summed E-state index contributed by atoms with van der Waals surface area (Å²) in [5, 5.41) is 3.44. The molecule has 0 aliphatic heterocycles. The molecule has 20 heavy (non-hydrogen) atoms. The largest absolute Gasteiger partial charge is 0.495 e. The van der Waals surface area contributed by atoms with E-state index in [-0.39, 0.29) is 5.91 Å². The Hall–Kier alpha value is -1.94. The Kier molecular flexibility index (Phi) is 5.07. The fourth-order valence-electron chi connectivity index (χ4n) is 1.88. The fourth-order valence-corrected chi connectivity index (χ4v) is 2.16. The van der Waals surface area contributed by atoms with Crippen molar-refractivity contribution in [2.24, 2.45) is 0 Å². The fraction of sp³-hybridized carbons (Fsp3) is 0.267. The molecule has 0 aliphatic rings. The number of carbonyl (C=O) groups excluding carboxylic acids is 1. The standard InChI is InChI=1S/C15H17ClN2O2/c1-20-14-4-2-11(8-13(14)16)3-5-15(19)18-10-12-6-7-17-9-12/h2,4,6-9,17H,3,5,10H2,1H3,(H,18,19). The van der Waals surface area contributed by atoms with Crippen LogP contribution in [0.1, 0.15) is 17.5 Å². The number of amides is 1. The summed E-state index contributed by atoms with van der Waals surface area (Å²) in [4.78, 5) is 14.7. The lowest BCUT2D eigenvalue weighted by molar-refractivity contribution is -0.121. The number of ether oxygens (including phenoxy) is 1. The molecule has 5 heteroatoms. The maximum Gasteiger partial charge on any atom is 0.220 e. The molecule has 0 bridgehead atoms. The molecule has 4 nitrogen and oxygen atoms in total. The van der Waals surface area contributed by atoms with Gasteiger partial charge in [-0.15, -0.1) is 0 Å². The summed E-state index contributed by atoms with van der Waals surface area (Å²) in [6.07, 6.45) is 4.79. The van der Waals surface area contributed by atoms with Crippen LogP contribution in [0, 0.1) is 0 Å². The Balaban J connectivity index is 1.79. The quantitative estimate of drug-likeness (QED) is 0.860. The third-order valence-corrected chi connectivity index (χ3v) is 3.30. The lowest BCUT2D eigenvalue weighted by Gasteiger charge is -2.07. The van der Waals surface area contributed by atoms with Gasteiger partial charge in [-0.05, 0) is 35.7 Å². The zero-order valence-corrected chi connectivity index (χ0v) is 12.0. The van der Waals surface area contributed by atoms with Gasteiger partial charge in [-0.3, -0.25) is 4.79 Å². The lowest BCUT2D eigenvalue weighted by Crippen LogP contribution is -2.22. The molecule has 0 aliphatic carbocycles. The van der Waals surface area contributed by atoms with Crippen molar-refractivity contribution in [3.05, 3.63) is 52.8 Å². The average molecular weight is 293 g/mol. The number of carbonyl (C=O) groups is 1. The Morgan fingerprint density at radius 1 is 1.35 bits per heavy atom. The van der Waals surface area contributed by atoms with E-state index in [0.29, 0.717) is 30.2 Å². The van der Waals surface area contributed by atoms with Gasteiger partial charge in [0.15, 0.2) is 0 Å². The highest BCUT2D eigenvalue weighted by atomic mass is 35.5. The van der Waals surface area contributed by atoms with Gasteiger partial charge >= 0.3 is 0 Å². The van der Waals surface area contributed by atoms with Crippen LogP contribution < -0.4 is 10.1 Å². The Labute approximate surface area is 123 Å². The van der Waals surface area contributed by atoms with Crippen LogP contribution in [0.4, 0.5) is 0 Å². The molecule has 0 radical (unpaired) electrons. The van der Waals surface area contributed by atoms with Gasteiger partial charge in [-0.1, -0.05) is 17.7 Å². The Bertz CT molecular complexity index is 567. The molecule has 2 N–H and O–H groups in total. The molecule has 1 amide bonds. The Morgan fingerprint density at radius 3 is 2.85 bits per heavy atom. The second-order valence-electron chi connectivity index (χ2n) is 4.46. The van der Waals surface area contributed by atoms with Crippen LogP contribution in [-0.2, 0) is 17.8 Å². The van der Waals surface area contributed by atoms with Crippen molar-refractivity contribution in [2.45, 2.75) is 19.4 Å². The zero-order valence-electron chi connectivity index (χ0n) is 11.3. The maximum absolute atomic E-state index is 11.7. The third kappa shape index (κ3) is 4.03. The summed E-state index contributed by atoms with van der Waals surface area (Å²) in [7, 11) is 1.58. The molecule has 106 valence electrons. The van der Waals surface area contributed by atoms with Crippen LogP contribution in [-0.4, -0.2) is 18.0 Å². The van der Waals surface area contributed by atoms with Crippen molar-refractivity contribution >= 4 is 17.5 Å². The van der Waals surface area contributed by atoms with Crippen molar-refractivity contribution in [3.63, 3.8) is 0 Å². The van der Waals surface area contributed by atoms with Crippen LogP contribution in [0.3, 0.4) is 0 Å². The normalized spacial score (nSPS) is 10.3. The predicted molar refractivity (Wildman–Crippen MR) is 79.0 cm³/mol. The van der Waals surface area contributed by atoms with Crippen molar-refractivity contribution in [1.29, 1.82) is 0 Å². The molecule has 2 rings (SSSR count). The topological polar surface area (TPSA) is 54.1 Å². The number of aromatic nitrogens is 1. The van der Waals surface area contributed by atoms with Gasteiger partial charge < -0.3 is 15.0 Å². The highest BCUT2D eigenvalue weighted by Crippen LogP contribution is 2.25. The molecule has 0 saturated carbocycles. The smallest absolute Gasteiger partial charge is 0.220 e. The number of H-pyrrole nitrogens is 1. The van der Waals surface area contributed by atoms with E-state index in [1.54, 1.807) is 7.11 Å². The van der Waals surface area contributed by atoms with E-state index >= 15 is 0 Å². The number of benzene rings is 1. The predicted octanol–water partition coefficient (Wildman–Crippen LogP) is 2.93. The van der Waals surface area contributed by atoms with Gasteiger partial charge in [-0.2, -0.15) is 0 Å². The Morgan fingerprint density at radius 2 is 2.20 bits per heavy atom. The van der Waals surface area contributed by atoms with E-state index in [0.717, 1.165) is 11.1 Å². The molecular formula is C15H17ClN2O2. The first-order chi connectivity index (χ1) is 9.69. The lowest BCUT2D eigenvalue weighted by atomic mass is 10.1. The first-order valence-corrected chi connectivity index (χ1v) is 6.77. The molecule has 0 fully saturated rings. The monoisotopic (exact) mass is 292 g/mol. The molecule has 0 atom stereocenters. The molecular weight excluding hydrogens is 276 g/mol. The van der Waals surface area contributed by atoms with E-state index < -0.39 is 0 Å². The molecule has 2 aromatic rings. The van der Waals surface area contributed by atoms with Gasteiger partial charge in [-0.25, -0.2) is 0 Å². The summed E-state index contributed by atoms with van der Waals surface area (Å²) in [5.41, 5.74) is 2.08. The summed E-state index contributed by atoms with van der Waals surface area (Å²) < 4.78 is 5.09. The maximum atomic E-state index is 11.7. The van der Waals surface area contributed by atoms with E-state index in [9.17, 15) is 4.79 Å². The molecule has 1 heterocycles. The zero-order chi connectivity index (χ0) is 14.4. The number of aryl methyl sites for hydroxylation is 1. The number of rotatable bonds is 6. The number of halogens is 1. The molecule has 0 spiro atoms. The van der Waals surface area contributed by atoms with Crippen LogP contribution in [0.2, 0.25) is 5.02 Å². The first kappa shape index (κ1) is 14.5. The van der Waals surface area contributed by atoms with Crippen molar-refractivity contribution in [1.82, 2.24) is 10.3 Å². The van der Waals surface area contributed by atoms with Crippen LogP contribution >= 0.6 is 11.6 Å². The van der Waals surface area contributed by atoms with Gasteiger partial charge in [0.2, 0.25) is 5.91 Å². The van der Waals surface area contributed by atoms with Gasteiger partial charge in [0.05, 0.1) is 12.1 Å². The SMILES string of the molecule is COc1ccc(CCC(=O)NCc2cc[nH]c2)cc1Cl. The minimum Gasteiger partial charge on any atom is -0.495 e. The first-order valence-electron chi connectivity index (χ1n) is 6.40. The van der Waals surface area contributed by atoms with E-state index in [1.807, 2.05) is 36.7 Å². The number of nitrogens with one attached hydrogen (secondary N) is 2. The van der Waals surface area contributed by atoms with Gasteiger partial charge in [0.25, 0.3) is 0 Å². The van der Waals surface area contributed by atoms with Crippen molar-refractivity contribution in [2.75, 3.05) is 7.11 Å². The second kappa shape index (κ2) is 7.01. The summed E-state index contributed by atoms with van der Waals surface area (Å²) >= 11 is 6.04. The van der Waals surface area contributed by atoms with Crippen LogP contribution in [0.25, 0.3) is 0 Å². The number of hydrogen-bond acceptors (Lipinski definition) is 2. The van der Waals surface area contributed by atoms with E-state index in [4.69, 9.17) is 16.3 Å². The van der Waals surface area contributed by atoms with Gasteiger partial charge in [0.1, 0.15) is 5.75 Å². The highest BCUT2D eigenvalue weighted by Gasteiger charge is 2.05. The van der Waals surface area contributed by atoms with E-state index in [2.05, 4.69) is 10.3 Å². The van der Waals surface area contributed by atoms with Crippen LogP contribution in [0.5, 0.6) is 5.75 Å².